The van der Waals surface area contributed by atoms with E-state index in [-0.39, 0.29) is 0 Å². The van der Waals surface area contributed by atoms with Crippen LogP contribution in [0.25, 0.3) is 0 Å². The molecular weight excluding hydrogens is 160 g/mol. The van der Waals surface area contributed by atoms with E-state index in [9.17, 15) is 0 Å². The molecule has 0 radical (unpaired) electrons. The van der Waals surface area contributed by atoms with Gasteiger partial charge >= 0.3 is 0 Å². The SMILES string of the molecule is CCN(CC)C1(CC)CCNCC1. The molecule has 0 aromatic rings. The molecule has 0 bridgehead atoms. The fraction of sp³-hybridized carbons (Fsp3) is 1.00. The second-order valence-corrected chi connectivity index (χ2v) is 4.00. The van der Waals surface area contributed by atoms with Crippen LogP contribution in [0.5, 0.6) is 0 Å². The Labute approximate surface area is 82.7 Å². The molecule has 0 amide bonds. The summed E-state index contributed by atoms with van der Waals surface area (Å²) in [5.74, 6) is 0. The fourth-order valence-electron chi connectivity index (χ4n) is 2.68. The predicted octanol–water partition coefficient (Wildman–Crippen LogP) is 1.86. The van der Waals surface area contributed by atoms with Crippen LogP contribution in [0, 0.1) is 0 Å². The maximum Gasteiger partial charge on any atom is 0.0230 e. The average Bonchev–Trinajstić information content (AvgIpc) is 2.21. The highest BCUT2D eigenvalue weighted by molar-refractivity contribution is 4.92. The lowest BCUT2D eigenvalue weighted by Gasteiger charge is -2.45. The molecule has 13 heavy (non-hydrogen) atoms. The molecule has 78 valence electrons. The molecule has 0 unspecified atom stereocenters. The zero-order valence-corrected chi connectivity index (χ0v) is 9.40. The highest BCUT2D eigenvalue weighted by Gasteiger charge is 2.34. The highest BCUT2D eigenvalue weighted by Crippen LogP contribution is 2.29. The second kappa shape index (κ2) is 4.97. The highest BCUT2D eigenvalue weighted by atomic mass is 15.2. The van der Waals surface area contributed by atoms with Crippen molar-refractivity contribution in [2.24, 2.45) is 0 Å². The van der Waals surface area contributed by atoms with Gasteiger partial charge in [0.15, 0.2) is 0 Å². The third kappa shape index (κ3) is 2.23. The van der Waals surface area contributed by atoms with Crippen molar-refractivity contribution in [3.05, 3.63) is 0 Å². The van der Waals surface area contributed by atoms with Crippen LogP contribution in [0.2, 0.25) is 0 Å². The first-order chi connectivity index (χ1) is 6.29. The van der Waals surface area contributed by atoms with E-state index < -0.39 is 0 Å². The van der Waals surface area contributed by atoms with E-state index in [4.69, 9.17) is 0 Å². The first kappa shape index (κ1) is 11.0. The second-order valence-electron chi connectivity index (χ2n) is 4.00. The Balaban J connectivity index is 2.64. The molecule has 1 rings (SSSR count). The third-order valence-electron chi connectivity index (χ3n) is 3.63. The van der Waals surface area contributed by atoms with Gasteiger partial charge in [0.05, 0.1) is 0 Å². The summed E-state index contributed by atoms with van der Waals surface area (Å²) in [6.07, 6.45) is 3.95. The maximum atomic E-state index is 3.45. The maximum absolute atomic E-state index is 3.45. The van der Waals surface area contributed by atoms with Gasteiger partial charge < -0.3 is 5.32 Å². The van der Waals surface area contributed by atoms with Crippen LogP contribution >= 0.6 is 0 Å². The first-order valence-corrected chi connectivity index (χ1v) is 5.75. The Hall–Kier alpha value is -0.0800. The van der Waals surface area contributed by atoms with Crippen LogP contribution < -0.4 is 5.32 Å². The number of hydrogen-bond donors (Lipinski definition) is 1. The van der Waals surface area contributed by atoms with E-state index in [1.165, 1.54) is 45.4 Å². The van der Waals surface area contributed by atoms with Gasteiger partial charge in [-0.15, -0.1) is 0 Å². The summed E-state index contributed by atoms with van der Waals surface area (Å²) in [6, 6.07) is 0. The summed E-state index contributed by atoms with van der Waals surface area (Å²) in [6.45, 7) is 11.7. The van der Waals surface area contributed by atoms with E-state index in [2.05, 4.69) is 31.0 Å². The molecule has 2 nitrogen and oxygen atoms in total. The standard InChI is InChI=1S/C11H24N2/c1-4-11(13(5-2)6-3)7-9-12-10-8-11/h12H,4-10H2,1-3H3. The van der Waals surface area contributed by atoms with E-state index in [1.807, 2.05) is 0 Å². The van der Waals surface area contributed by atoms with Gasteiger partial charge in [-0.3, -0.25) is 4.90 Å². The van der Waals surface area contributed by atoms with Crippen molar-refractivity contribution in [3.8, 4) is 0 Å². The van der Waals surface area contributed by atoms with Crippen molar-refractivity contribution in [3.63, 3.8) is 0 Å². The topological polar surface area (TPSA) is 15.3 Å². The van der Waals surface area contributed by atoms with Gasteiger partial charge in [0.2, 0.25) is 0 Å². The Kier molecular flexibility index (Phi) is 4.20. The van der Waals surface area contributed by atoms with Crippen molar-refractivity contribution in [2.45, 2.75) is 45.6 Å². The Morgan fingerprint density at radius 1 is 1.08 bits per heavy atom. The van der Waals surface area contributed by atoms with Crippen LogP contribution in [-0.2, 0) is 0 Å². The van der Waals surface area contributed by atoms with Crippen LogP contribution in [0.1, 0.15) is 40.0 Å². The van der Waals surface area contributed by atoms with Crippen LogP contribution in [-0.4, -0.2) is 36.6 Å². The monoisotopic (exact) mass is 184 g/mol. The third-order valence-corrected chi connectivity index (χ3v) is 3.63. The molecular formula is C11H24N2. The normalized spacial score (nSPS) is 22.2. The van der Waals surface area contributed by atoms with Crippen LogP contribution in [0.4, 0.5) is 0 Å². The Morgan fingerprint density at radius 3 is 2.00 bits per heavy atom. The van der Waals surface area contributed by atoms with Gasteiger partial charge in [0.25, 0.3) is 0 Å². The van der Waals surface area contributed by atoms with Crippen molar-refractivity contribution >= 4 is 0 Å². The summed E-state index contributed by atoms with van der Waals surface area (Å²) in [4.78, 5) is 2.65. The zero-order chi connectivity index (χ0) is 9.73. The summed E-state index contributed by atoms with van der Waals surface area (Å²) < 4.78 is 0. The van der Waals surface area contributed by atoms with E-state index >= 15 is 0 Å². The molecule has 0 spiro atoms. The van der Waals surface area contributed by atoms with Gasteiger partial charge in [-0.25, -0.2) is 0 Å². The van der Waals surface area contributed by atoms with Gasteiger partial charge in [-0.2, -0.15) is 0 Å². The minimum Gasteiger partial charge on any atom is -0.317 e. The lowest BCUT2D eigenvalue weighted by molar-refractivity contribution is 0.0621. The molecule has 1 saturated heterocycles. The van der Waals surface area contributed by atoms with Crippen molar-refractivity contribution in [1.82, 2.24) is 10.2 Å². The molecule has 1 aliphatic heterocycles. The zero-order valence-electron chi connectivity index (χ0n) is 9.40. The number of hydrogen-bond acceptors (Lipinski definition) is 2. The smallest absolute Gasteiger partial charge is 0.0230 e. The van der Waals surface area contributed by atoms with E-state index in [0.717, 1.165) is 0 Å². The molecule has 2 heteroatoms. The molecule has 1 heterocycles. The minimum absolute atomic E-state index is 0.509. The van der Waals surface area contributed by atoms with Gasteiger partial charge in [0, 0.05) is 5.54 Å². The molecule has 0 aromatic carbocycles. The molecule has 0 aromatic heterocycles. The summed E-state index contributed by atoms with van der Waals surface area (Å²) in [7, 11) is 0. The molecule has 0 atom stereocenters. The van der Waals surface area contributed by atoms with Gasteiger partial charge in [-0.05, 0) is 45.4 Å². The Bertz CT molecular complexity index is 135. The van der Waals surface area contributed by atoms with Gasteiger partial charge in [-0.1, -0.05) is 20.8 Å². The molecule has 0 saturated carbocycles. The number of piperidine rings is 1. The number of rotatable bonds is 4. The first-order valence-electron chi connectivity index (χ1n) is 5.75. The van der Waals surface area contributed by atoms with Crippen molar-refractivity contribution in [2.75, 3.05) is 26.2 Å². The summed E-state index contributed by atoms with van der Waals surface area (Å²) in [5.41, 5.74) is 0.509. The molecule has 1 aliphatic rings. The van der Waals surface area contributed by atoms with Crippen LogP contribution in [0.15, 0.2) is 0 Å². The predicted molar refractivity (Wildman–Crippen MR) is 58.0 cm³/mol. The minimum atomic E-state index is 0.509. The van der Waals surface area contributed by atoms with Crippen LogP contribution in [0.3, 0.4) is 0 Å². The number of nitrogens with zero attached hydrogens (tertiary/aromatic N) is 1. The van der Waals surface area contributed by atoms with E-state index in [1.54, 1.807) is 0 Å². The summed E-state index contributed by atoms with van der Waals surface area (Å²) in [5, 5.41) is 3.45. The molecule has 0 aliphatic carbocycles. The quantitative estimate of drug-likeness (QED) is 0.717. The van der Waals surface area contributed by atoms with Gasteiger partial charge in [0.1, 0.15) is 0 Å². The largest absolute Gasteiger partial charge is 0.317 e. The van der Waals surface area contributed by atoms with Crippen molar-refractivity contribution in [1.29, 1.82) is 0 Å². The lowest BCUT2D eigenvalue weighted by Crippen LogP contribution is -2.54. The molecule has 1 fully saturated rings. The number of nitrogens with one attached hydrogen (secondary N) is 1. The van der Waals surface area contributed by atoms with E-state index in [0.29, 0.717) is 5.54 Å². The molecule has 1 N–H and O–H groups in total. The average molecular weight is 184 g/mol. The Morgan fingerprint density at radius 2 is 1.62 bits per heavy atom. The lowest BCUT2D eigenvalue weighted by atomic mass is 9.84. The van der Waals surface area contributed by atoms with Crippen molar-refractivity contribution < 1.29 is 0 Å². The fourth-order valence-corrected chi connectivity index (χ4v) is 2.68. The summed E-state index contributed by atoms with van der Waals surface area (Å²) >= 11 is 0.